The van der Waals surface area contributed by atoms with Crippen molar-refractivity contribution in [3.63, 3.8) is 0 Å². The predicted molar refractivity (Wildman–Crippen MR) is 67.1 cm³/mol. The van der Waals surface area contributed by atoms with Crippen molar-refractivity contribution >= 4 is 36.6 Å². The van der Waals surface area contributed by atoms with E-state index in [9.17, 15) is 4.79 Å². The van der Waals surface area contributed by atoms with Gasteiger partial charge >= 0.3 is 0 Å². The van der Waals surface area contributed by atoms with E-state index in [2.05, 4.69) is 20.5 Å². The van der Waals surface area contributed by atoms with Crippen LogP contribution in [0.4, 0.5) is 0 Å². The highest BCUT2D eigenvalue weighted by Crippen LogP contribution is 2.05. The molecule has 74 valence electrons. The minimum Gasteiger partial charge on any atom is -0.289 e. The third kappa shape index (κ3) is 2.05. The summed E-state index contributed by atoms with van der Waals surface area (Å²) in [6.45, 7) is 0. The van der Waals surface area contributed by atoms with Gasteiger partial charge in [0.25, 0.3) is 0 Å². The van der Waals surface area contributed by atoms with Crippen molar-refractivity contribution in [1.29, 1.82) is 0 Å². The molecule has 0 spiro atoms. The largest absolute Gasteiger partial charge is 0.289 e. The van der Waals surface area contributed by atoms with Gasteiger partial charge in [-0.15, -0.1) is 0 Å². The van der Waals surface area contributed by atoms with E-state index in [1.165, 1.54) is 0 Å². The second kappa shape index (κ2) is 4.59. The van der Waals surface area contributed by atoms with Crippen LogP contribution in [0.3, 0.4) is 0 Å². The highest BCUT2D eigenvalue weighted by molar-refractivity contribution is 6.41. The summed E-state index contributed by atoms with van der Waals surface area (Å²) in [6.07, 6.45) is 0. The second-order valence-electron chi connectivity index (χ2n) is 3.42. The van der Waals surface area contributed by atoms with Gasteiger partial charge in [-0.2, -0.15) is 0 Å². The van der Waals surface area contributed by atoms with E-state index in [4.69, 9.17) is 0 Å². The number of ketones is 1. The monoisotopic (exact) mass is 236 g/mol. The number of carbonyl (C=O) groups excluding carboxylic acids is 1. The van der Waals surface area contributed by atoms with Crippen LogP contribution in [0, 0.1) is 0 Å². The van der Waals surface area contributed by atoms with E-state index in [0.717, 1.165) is 10.4 Å². The Morgan fingerprint density at radius 3 is 1.50 bits per heavy atom. The van der Waals surface area contributed by atoms with Gasteiger partial charge < -0.3 is 0 Å². The molecule has 0 bridgehead atoms. The Morgan fingerprint density at radius 2 is 1.12 bits per heavy atom. The molecule has 0 unspecified atom stereocenters. The predicted octanol–water partition coefficient (Wildman–Crippen LogP) is 0.505. The van der Waals surface area contributed by atoms with Gasteiger partial charge in [0.15, 0.2) is 5.78 Å². The lowest BCUT2D eigenvalue weighted by molar-refractivity contribution is 0.104. The second-order valence-corrected chi connectivity index (χ2v) is 4.50. The molecule has 0 atom stereocenters. The van der Waals surface area contributed by atoms with Gasteiger partial charge in [0.05, 0.1) is 20.5 Å². The van der Waals surface area contributed by atoms with Crippen LogP contribution in [0.25, 0.3) is 0 Å². The third-order valence-electron chi connectivity index (χ3n) is 2.34. The lowest BCUT2D eigenvalue weighted by atomic mass is 10.0. The molecular weight excluding hydrogens is 228 g/mol. The molecule has 3 heteroatoms. The van der Waals surface area contributed by atoms with Gasteiger partial charge in [-0.25, -0.2) is 0 Å². The van der Waals surface area contributed by atoms with Crippen molar-refractivity contribution < 1.29 is 4.79 Å². The highest BCUT2D eigenvalue weighted by Gasteiger charge is 2.12. The van der Waals surface area contributed by atoms with Crippen LogP contribution in [0.5, 0.6) is 0 Å². The number of benzene rings is 2. The Bertz CT molecular complexity index is 487. The zero-order chi connectivity index (χ0) is 11.5. The van der Waals surface area contributed by atoms with Crippen LogP contribution >= 0.6 is 0 Å². The van der Waals surface area contributed by atoms with E-state index in [0.29, 0.717) is 11.1 Å². The van der Waals surface area contributed by atoms with E-state index in [-0.39, 0.29) is 5.78 Å². The lowest BCUT2D eigenvalue weighted by Crippen LogP contribution is -2.22. The van der Waals surface area contributed by atoms with Crippen LogP contribution < -0.4 is 10.4 Å². The summed E-state index contributed by atoms with van der Waals surface area (Å²) in [6, 6.07) is 14.8. The minimum absolute atomic E-state index is 0.0104. The van der Waals surface area contributed by atoms with E-state index in [1.54, 1.807) is 0 Å². The van der Waals surface area contributed by atoms with E-state index < -0.39 is 0 Å². The maximum atomic E-state index is 12.2. The third-order valence-corrected chi connectivity index (χ3v) is 3.22. The maximum Gasteiger partial charge on any atom is 0.192 e. The molecule has 1 nitrogen and oxygen atoms in total. The number of rotatable bonds is 2. The van der Waals surface area contributed by atoms with Crippen molar-refractivity contribution in [2.75, 3.05) is 0 Å². The summed E-state index contributed by atoms with van der Waals surface area (Å²) in [5.41, 5.74) is 1.34. The summed E-state index contributed by atoms with van der Waals surface area (Å²) in [7, 11) is 6.87. The fourth-order valence-corrected chi connectivity index (χ4v) is 2.09. The summed E-state index contributed by atoms with van der Waals surface area (Å²) in [5.74, 6) is 0.0104. The molecular formula is C13H8OSi2. The molecule has 6 radical (unpaired) electrons. The van der Waals surface area contributed by atoms with Crippen LogP contribution in [0.15, 0.2) is 48.5 Å². The summed E-state index contributed by atoms with van der Waals surface area (Å²) in [4.78, 5) is 12.2. The van der Waals surface area contributed by atoms with E-state index >= 15 is 0 Å². The van der Waals surface area contributed by atoms with Gasteiger partial charge in [-0.1, -0.05) is 58.9 Å². The Balaban J connectivity index is 2.48. The Hall–Kier alpha value is -1.46. The molecule has 0 amide bonds. The van der Waals surface area contributed by atoms with Gasteiger partial charge in [0.1, 0.15) is 0 Å². The number of carbonyl (C=O) groups is 1. The zero-order valence-corrected chi connectivity index (χ0v) is 10.5. The molecule has 0 aliphatic heterocycles. The quantitative estimate of drug-likeness (QED) is 0.548. The van der Waals surface area contributed by atoms with Crippen molar-refractivity contribution in [2.24, 2.45) is 0 Å². The van der Waals surface area contributed by atoms with E-state index in [1.807, 2.05) is 48.5 Å². The summed E-state index contributed by atoms with van der Waals surface area (Å²) in [5, 5.41) is 1.62. The number of hydrogen-bond donors (Lipinski definition) is 0. The van der Waals surface area contributed by atoms with Crippen molar-refractivity contribution in [3.05, 3.63) is 59.7 Å². The molecule has 2 aromatic carbocycles. The fourth-order valence-electron chi connectivity index (χ4n) is 1.51. The average Bonchev–Trinajstić information content (AvgIpc) is 2.29. The van der Waals surface area contributed by atoms with Crippen LogP contribution in [-0.4, -0.2) is 26.3 Å². The van der Waals surface area contributed by atoms with Gasteiger partial charge in [0, 0.05) is 11.1 Å². The number of hydrogen-bond acceptors (Lipinski definition) is 1. The molecule has 16 heavy (non-hydrogen) atoms. The first kappa shape index (κ1) is 11.0. The molecule has 0 aromatic heterocycles. The Kier molecular flexibility index (Phi) is 3.17. The van der Waals surface area contributed by atoms with Gasteiger partial charge in [-0.3, -0.25) is 4.79 Å². The highest BCUT2D eigenvalue weighted by atomic mass is 28.1. The first-order valence-electron chi connectivity index (χ1n) is 4.86. The standard InChI is InChI=1S/C13H8OSi2/c14-13(9-5-1-3-7-11(9)15)10-6-2-4-8-12(10)16/h1-8H. The van der Waals surface area contributed by atoms with Crippen molar-refractivity contribution in [3.8, 4) is 0 Å². The zero-order valence-electron chi connectivity index (χ0n) is 8.53. The van der Waals surface area contributed by atoms with Gasteiger partial charge in [-0.05, 0) is 0 Å². The Morgan fingerprint density at radius 1 is 0.750 bits per heavy atom. The van der Waals surface area contributed by atoms with Gasteiger partial charge in [0.2, 0.25) is 0 Å². The van der Waals surface area contributed by atoms with Crippen molar-refractivity contribution in [2.45, 2.75) is 0 Å². The SMILES string of the molecule is O=C(c1ccccc1[Si])c1ccccc1[Si]. The van der Waals surface area contributed by atoms with Crippen LogP contribution in [0.2, 0.25) is 0 Å². The van der Waals surface area contributed by atoms with Crippen molar-refractivity contribution in [1.82, 2.24) is 0 Å². The average molecular weight is 236 g/mol. The minimum atomic E-state index is 0.0104. The molecule has 0 aliphatic carbocycles. The first-order chi connectivity index (χ1) is 7.70. The first-order valence-corrected chi connectivity index (χ1v) is 5.86. The van der Waals surface area contributed by atoms with Crippen LogP contribution in [0.1, 0.15) is 15.9 Å². The molecule has 0 N–H and O–H groups in total. The summed E-state index contributed by atoms with van der Waals surface area (Å²) >= 11 is 0. The molecule has 0 aliphatic rings. The van der Waals surface area contributed by atoms with Crippen LogP contribution in [-0.2, 0) is 0 Å². The summed E-state index contributed by atoms with van der Waals surface area (Å²) < 4.78 is 0. The smallest absolute Gasteiger partial charge is 0.192 e. The Labute approximate surface area is 101 Å². The lowest BCUT2D eigenvalue weighted by Gasteiger charge is -2.06. The maximum absolute atomic E-state index is 12.2. The fraction of sp³-hybridized carbons (Fsp3) is 0. The molecule has 0 saturated carbocycles. The molecule has 0 fully saturated rings. The molecule has 2 aromatic rings. The molecule has 0 saturated heterocycles. The normalized spacial score (nSPS) is 10.1. The topological polar surface area (TPSA) is 17.1 Å². The molecule has 0 heterocycles. The molecule has 2 rings (SSSR count).